The van der Waals surface area contributed by atoms with Crippen molar-refractivity contribution in [2.75, 3.05) is 7.11 Å². The third-order valence-electron chi connectivity index (χ3n) is 3.08. The summed E-state index contributed by atoms with van der Waals surface area (Å²) < 4.78 is 16.8. The molecule has 2 aromatic carbocycles. The zero-order valence-electron chi connectivity index (χ0n) is 10.7. The lowest BCUT2D eigenvalue weighted by atomic mass is 10.2. The van der Waals surface area contributed by atoms with Crippen LogP contribution in [0.25, 0.3) is 11.0 Å². The predicted molar refractivity (Wildman–Crippen MR) is 72.7 cm³/mol. The Kier molecular flexibility index (Phi) is 2.26. The molecule has 0 bridgehead atoms. The Hall–Kier alpha value is -2.82. The molecular formula is C15H10N2O3. The highest BCUT2D eigenvalue weighted by Crippen LogP contribution is 2.48. The highest BCUT2D eigenvalue weighted by atomic mass is 16.6. The predicted octanol–water partition coefficient (Wildman–Crippen LogP) is 3.54. The van der Waals surface area contributed by atoms with Crippen molar-refractivity contribution < 1.29 is 14.2 Å². The topological polar surface area (TPSA) is 53.5 Å². The van der Waals surface area contributed by atoms with Gasteiger partial charge < -0.3 is 14.2 Å². The molecule has 0 fully saturated rings. The summed E-state index contributed by atoms with van der Waals surface area (Å²) in [5, 5.41) is 0. The van der Waals surface area contributed by atoms with Crippen LogP contribution in [0.2, 0.25) is 0 Å². The summed E-state index contributed by atoms with van der Waals surface area (Å²) in [5.41, 5.74) is 1.52. The number of hydrogen-bond donors (Lipinski definition) is 0. The van der Waals surface area contributed by atoms with E-state index in [2.05, 4.69) is 9.97 Å². The molecule has 0 atom stereocenters. The monoisotopic (exact) mass is 266 g/mol. The number of ether oxygens (including phenoxy) is 3. The van der Waals surface area contributed by atoms with Crippen molar-refractivity contribution in [2.24, 2.45) is 0 Å². The summed E-state index contributed by atoms with van der Waals surface area (Å²) in [6, 6.07) is 13.0. The van der Waals surface area contributed by atoms with Crippen LogP contribution in [0.1, 0.15) is 0 Å². The summed E-state index contributed by atoms with van der Waals surface area (Å²) in [5.74, 6) is 2.40. The first kappa shape index (κ1) is 11.0. The van der Waals surface area contributed by atoms with Crippen LogP contribution in [0.4, 0.5) is 0 Å². The molecular weight excluding hydrogens is 256 g/mol. The van der Waals surface area contributed by atoms with E-state index < -0.39 is 0 Å². The Balaban J connectivity index is 1.89. The number of rotatable bonds is 1. The maximum Gasteiger partial charge on any atom is 0.284 e. The van der Waals surface area contributed by atoms with E-state index >= 15 is 0 Å². The van der Waals surface area contributed by atoms with Gasteiger partial charge in [0.25, 0.3) is 11.8 Å². The minimum atomic E-state index is 0.348. The second-order valence-electron chi connectivity index (χ2n) is 4.31. The summed E-state index contributed by atoms with van der Waals surface area (Å²) in [6.07, 6.45) is 0. The van der Waals surface area contributed by atoms with Crippen molar-refractivity contribution in [1.29, 1.82) is 0 Å². The molecule has 2 heterocycles. The van der Waals surface area contributed by atoms with Gasteiger partial charge in [0, 0.05) is 0 Å². The number of aromatic nitrogens is 2. The van der Waals surface area contributed by atoms with Gasteiger partial charge in [0.05, 0.1) is 18.1 Å². The third kappa shape index (κ3) is 1.56. The minimum Gasteiger partial charge on any atom is -0.493 e. The van der Waals surface area contributed by atoms with Gasteiger partial charge in [0.1, 0.15) is 0 Å². The van der Waals surface area contributed by atoms with Gasteiger partial charge in [-0.1, -0.05) is 18.2 Å². The van der Waals surface area contributed by atoms with Crippen LogP contribution in [0.5, 0.6) is 29.0 Å². The Labute approximate surface area is 114 Å². The van der Waals surface area contributed by atoms with Crippen LogP contribution in [-0.4, -0.2) is 17.1 Å². The molecule has 1 aliphatic rings. The number of benzene rings is 2. The van der Waals surface area contributed by atoms with E-state index in [1.807, 2.05) is 36.4 Å². The lowest BCUT2D eigenvalue weighted by molar-refractivity contribution is 0.314. The summed E-state index contributed by atoms with van der Waals surface area (Å²) in [6.45, 7) is 0. The molecule has 0 radical (unpaired) electrons. The average molecular weight is 266 g/mol. The van der Waals surface area contributed by atoms with E-state index in [0.717, 1.165) is 11.0 Å². The molecule has 5 heteroatoms. The molecule has 20 heavy (non-hydrogen) atoms. The molecule has 0 saturated heterocycles. The smallest absolute Gasteiger partial charge is 0.284 e. The van der Waals surface area contributed by atoms with Crippen molar-refractivity contribution in [3.63, 3.8) is 0 Å². The van der Waals surface area contributed by atoms with E-state index in [4.69, 9.17) is 14.2 Å². The Morgan fingerprint density at radius 1 is 0.850 bits per heavy atom. The first-order valence-corrected chi connectivity index (χ1v) is 6.14. The Bertz CT molecular complexity index is 817. The van der Waals surface area contributed by atoms with Crippen molar-refractivity contribution in [3.05, 3.63) is 42.5 Å². The quantitative estimate of drug-likeness (QED) is 0.527. The summed E-state index contributed by atoms with van der Waals surface area (Å²) in [7, 11) is 1.58. The molecule has 0 N–H and O–H groups in total. The molecule has 1 aromatic heterocycles. The number of hydrogen-bond acceptors (Lipinski definition) is 5. The lowest BCUT2D eigenvalue weighted by Crippen LogP contribution is -2.04. The molecule has 4 rings (SSSR count). The van der Waals surface area contributed by atoms with Crippen LogP contribution in [0.3, 0.4) is 0 Å². The van der Waals surface area contributed by atoms with E-state index in [0.29, 0.717) is 29.0 Å². The lowest BCUT2D eigenvalue weighted by Gasteiger charge is -2.20. The fourth-order valence-electron chi connectivity index (χ4n) is 2.14. The first-order valence-electron chi connectivity index (χ1n) is 6.14. The van der Waals surface area contributed by atoms with E-state index in [-0.39, 0.29) is 0 Å². The van der Waals surface area contributed by atoms with E-state index in [1.54, 1.807) is 13.2 Å². The van der Waals surface area contributed by atoms with E-state index in [1.165, 1.54) is 0 Å². The molecule has 98 valence electrons. The maximum atomic E-state index is 5.78. The molecule has 0 amide bonds. The number of para-hydroxylation sites is 3. The van der Waals surface area contributed by atoms with Gasteiger partial charge in [0.2, 0.25) is 5.75 Å². The number of methoxy groups -OCH3 is 1. The van der Waals surface area contributed by atoms with Crippen molar-refractivity contribution in [3.8, 4) is 29.0 Å². The molecule has 0 unspecified atom stereocenters. The largest absolute Gasteiger partial charge is 0.493 e. The van der Waals surface area contributed by atoms with Gasteiger partial charge in [-0.15, -0.1) is 0 Å². The van der Waals surface area contributed by atoms with Gasteiger partial charge in [-0.2, -0.15) is 0 Å². The Morgan fingerprint density at radius 3 is 2.25 bits per heavy atom. The third-order valence-corrected chi connectivity index (χ3v) is 3.08. The molecule has 5 nitrogen and oxygen atoms in total. The minimum absolute atomic E-state index is 0.348. The second-order valence-corrected chi connectivity index (χ2v) is 4.31. The highest BCUT2D eigenvalue weighted by Gasteiger charge is 2.25. The number of nitrogens with zero attached hydrogens (tertiary/aromatic N) is 2. The maximum absolute atomic E-state index is 5.78. The average Bonchev–Trinajstić information content (AvgIpc) is 2.50. The number of fused-ring (bicyclic) bond motifs is 3. The zero-order chi connectivity index (χ0) is 13.5. The summed E-state index contributed by atoms with van der Waals surface area (Å²) >= 11 is 0. The van der Waals surface area contributed by atoms with Crippen LogP contribution in [-0.2, 0) is 0 Å². The SMILES string of the molecule is COc1cccc2c1Oc1nc3ccccc3nc1O2. The normalized spacial score (nSPS) is 12.1. The van der Waals surface area contributed by atoms with Crippen molar-refractivity contribution in [2.45, 2.75) is 0 Å². The van der Waals surface area contributed by atoms with E-state index in [9.17, 15) is 0 Å². The van der Waals surface area contributed by atoms with Gasteiger partial charge in [-0.25, -0.2) is 9.97 Å². The van der Waals surface area contributed by atoms with Gasteiger partial charge in [-0.05, 0) is 24.3 Å². The van der Waals surface area contributed by atoms with Crippen LogP contribution >= 0.6 is 0 Å². The van der Waals surface area contributed by atoms with Gasteiger partial charge >= 0.3 is 0 Å². The van der Waals surface area contributed by atoms with Crippen LogP contribution in [0.15, 0.2) is 42.5 Å². The highest BCUT2D eigenvalue weighted by molar-refractivity contribution is 5.76. The van der Waals surface area contributed by atoms with Gasteiger partial charge in [0.15, 0.2) is 11.5 Å². The first-order chi connectivity index (χ1) is 9.85. The van der Waals surface area contributed by atoms with Crippen LogP contribution < -0.4 is 14.2 Å². The summed E-state index contributed by atoms with van der Waals surface area (Å²) in [4.78, 5) is 8.84. The molecule has 1 aliphatic heterocycles. The molecule has 0 spiro atoms. The van der Waals surface area contributed by atoms with Crippen molar-refractivity contribution in [1.82, 2.24) is 9.97 Å². The fourth-order valence-corrected chi connectivity index (χ4v) is 2.14. The standard InChI is InChI=1S/C15H10N2O3/c1-18-11-7-4-8-12-13(11)20-15-14(19-12)16-9-5-2-3-6-10(9)17-15/h2-8H,1H3. The fraction of sp³-hybridized carbons (Fsp3) is 0.0667. The molecule has 0 aliphatic carbocycles. The molecule has 0 saturated carbocycles. The molecule has 3 aromatic rings. The van der Waals surface area contributed by atoms with Crippen LogP contribution in [0, 0.1) is 0 Å². The second kappa shape index (κ2) is 4.09. The zero-order valence-corrected chi connectivity index (χ0v) is 10.7. The van der Waals surface area contributed by atoms with Gasteiger partial charge in [-0.3, -0.25) is 0 Å². The van der Waals surface area contributed by atoms with Crippen molar-refractivity contribution >= 4 is 11.0 Å². The Morgan fingerprint density at radius 2 is 1.55 bits per heavy atom.